The van der Waals surface area contributed by atoms with Gasteiger partial charge in [-0.1, -0.05) is 30.3 Å². The van der Waals surface area contributed by atoms with Gasteiger partial charge < -0.3 is 19.7 Å². The molecule has 1 N–H and O–H groups in total. The van der Waals surface area contributed by atoms with Crippen LogP contribution < -0.4 is 5.32 Å². The van der Waals surface area contributed by atoms with Gasteiger partial charge in [-0.2, -0.15) is 0 Å². The van der Waals surface area contributed by atoms with Gasteiger partial charge in [0.2, 0.25) is 0 Å². The molecule has 2 atom stereocenters. The van der Waals surface area contributed by atoms with Gasteiger partial charge in [0.15, 0.2) is 0 Å². The van der Waals surface area contributed by atoms with Crippen molar-refractivity contribution in [2.75, 3.05) is 32.8 Å². The van der Waals surface area contributed by atoms with E-state index in [2.05, 4.69) is 5.32 Å². The fourth-order valence-electron chi connectivity index (χ4n) is 2.61. The Morgan fingerprint density at radius 2 is 2.23 bits per heavy atom. The first-order valence-corrected chi connectivity index (χ1v) is 8.01. The summed E-state index contributed by atoms with van der Waals surface area (Å²) in [6.45, 7) is 7.14. The lowest BCUT2D eigenvalue weighted by atomic mass is 10.1. The highest BCUT2D eigenvalue weighted by molar-refractivity contribution is 5.74. The van der Waals surface area contributed by atoms with Crippen LogP contribution >= 0.6 is 0 Å². The molecule has 1 heterocycles. The number of ether oxygens (including phenoxy) is 2. The van der Waals surface area contributed by atoms with E-state index in [4.69, 9.17) is 9.47 Å². The van der Waals surface area contributed by atoms with Crippen molar-refractivity contribution in [2.24, 2.45) is 0 Å². The maximum Gasteiger partial charge on any atom is 0.317 e. The van der Waals surface area contributed by atoms with Crippen LogP contribution in [0.2, 0.25) is 0 Å². The Hall–Kier alpha value is -1.59. The Bertz CT molecular complexity index is 452. The SMILES string of the molecule is CCO[C@@H](CNC(=O)N1CCCO[C@@H](C)C1)c1ccccc1. The van der Waals surface area contributed by atoms with E-state index in [0.29, 0.717) is 19.7 Å². The van der Waals surface area contributed by atoms with Gasteiger partial charge in [-0.15, -0.1) is 0 Å². The number of urea groups is 1. The van der Waals surface area contributed by atoms with Gasteiger partial charge in [0.05, 0.1) is 12.2 Å². The number of nitrogens with zero attached hydrogens (tertiary/aromatic N) is 1. The van der Waals surface area contributed by atoms with Crippen LogP contribution in [-0.2, 0) is 9.47 Å². The molecule has 0 aliphatic carbocycles. The van der Waals surface area contributed by atoms with Crippen molar-refractivity contribution in [3.05, 3.63) is 35.9 Å². The number of nitrogens with one attached hydrogen (secondary N) is 1. The zero-order valence-electron chi connectivity index (χ0n) is 13.5. The van der Waals surface area contributed by atoms with Crippen molar-refractivity contribution in [2.45, 2.75) is 32.5 Å². The van der Waals surface area contributed by atoms with Crippen molar-refractivity contribution in [1.82, 2.24) is 10.2 Å². The summed E-state index contributed by atoms with van der Waals surface area (Å²) < 4.78 is 11.3. The van der Waals surface area contributed by atoms with Crippen LogP contribution in [0.4, 0.5) is 4.79 Å². The Morgan fingerprint density at radius 3 is 2.95 bits per heavy atom. The average molecular weight is 306 g/mol. The van der Waals surface area contributed by atoms with Crippen LogP contribution in [0.5, 0.6) is 0 Å². The standard InChI is InChI=1S/C17H26N2O3/c1-3-21-16(15-8-5-4-6-9-15)12-18-17(20)19-10-7-11-22-14(2)13-19/h4-6,8-9,14,16H,3,7,10-13H2,1-2H3,(H,18,20)/t14-,16-/m0/s1. The second-order valence-electron chi connectivity index (χ2n) is 5.52. The zero-order chi connectivity index (χ0) is 15.8. The molecule has 1 saturated heterocycles. The predicted octanol–water partition coefficient (Wildman–Crippen LogP) is 2.58. The van der Waals surface area contributed by atoms with Gasteiger partial charge in [0.1, 0.15) is 0 Å². The first kappa shape index (κ1) is 16.8. The van der Waals surface area contributed by atoms with Gasteiger partial charge in [0, 0.05) is 32.8 Å². The van der Waals surface area contributed by atoms with E-state index in [0.717, 1.165) is 25.1 Å². The third-order valence-electron chi connectivity index (χ3n) is 3.72. The van der Waals surface area contributed by atoms with Crippen LogP contribution in [0.15, 0.2) is 30.3 Å². The lowest BCUT2D eigenvalue weighted by molar-refractivity contribution is 0.0601. The van der Waals surface area contributed by atoms with Gasteiger partial charge >= 0.3 is 6.03 Å². The van der Waals surface area contributed by atoms with E-state index in [1.54, 1.807) is 0 Å². The number of amides is 2. The number of hydrogen-bond donors (Lipinski definition) is 1. The molecule has 1 aromatic rings. The molecular formula is C17H26N2O3. The second kappa shape index (κ2) is 8.76. The molecule has 0 bridgehead atoms. The molecule has 5 nitrogen and oxygen atoms in total. The van der Waals surface area contributed by atoms with Gasteiger partial charge in [-0.25, -0.2) is 4.79 Å². The molecule has 5 heteroatoms. The highest BCUT2D eigenvalue weighted by Crippen LogP contribution is 2.16. The molecule has 0 unspecified atom stereocenters. The van der Waals surface area contributed by atoms with Crippen molar-refractivity contribution < 1.29 is 14.3 Å². The number of rotatable bonds is 5. The molecule has 22 heavy (non-hydrogen) atoms. The highest BCUT2D eigenvalue weighted by Gasteiger charge is 2.21. The van der Waals surface area contributed by atoms with Crippen LogP contribution in [-0.4, -0.2) is 49.9 Å². The molecule has 0 saturated carbocycles. The molecule has 0 spiro atoms. The first-order valence-electron chi connectivity index (χ1n) is 8.01. The smallest absolute Gasteiger partial charge is 0.317 e. The first-order chi connectivity index (χ1) is 10.7. The molecule has 0 aromatic heterocycles. The minimum atomic E-state index is -0.115. The van der Waals surface area contributed by atoms with E-state index in [9.17, 15) is 4.79 Å². The lowest BCUT2D eigenvalue weighted by Crippen LogP contribution is -2.44. The maximum absolute atomic E-state index is 12.3. The van der Waals surface area contributed by atoms with Crippen LogP contribution in [0, 0.1) is 0 Å². The summed E-state index contributed by atoms with van der Waals surface area (Å²) in [5, 5.41) is 2.99. The van der Waals surface area contributed by atoms with E-state index in [-0.39, 0.29) is 18.2 Å². The van der Waals surface area contributed by atoms with Gasteiger partial charge in [0.25, 0.3) is 0 Å². The van der Waals surface area contributed by atoms with E-state index in [1.165, 1.54) is 0 Å². The number of hydrogen-bond acceptors (Lipinski definition) is 3. The fraction of sp³-hybridized carbons (Fsp3) is 0.588. The number of carbonyl (C=O) groups excluding carboxylic acids is 1. The summed E-state index contributed by atoms with van der Waals surface area (Å²) in [5.74, 6) is 0. The molecule has 0 radical (unpaired) electrons. The van der Waals surface area contributed by atoms with E-state index >= 15 is 0 Å². The molecular weight excluding hydrogens is 280 g/mol. The van der Waals surface area contributed by atoms with Crippen LogP contribution in [0.1, 0.15) is 31.9 Å². The third-order valence-corrected chi connectivity index (χ3v) is 3.72. The minimum Gasteiger partial charge on any atom is -0.377 e. The quantitative estimate of drug-likeness (QED) is 0.909. The highest BCUT2D eigenvalue weighted by atomic mass is 16.5. The summed E-state index contributed by atoms with van der Waals surface area (Å²) in [4.78, 5) is 14.2. The molecule has 1 aliphatic rings. The predicted molar refractivity (Wildman–Crippen MR) is 85.8 cm³/mol. The number of benzene rings is 1. The lowest BCUT2D eigenvalue weighted by Gasteiger charge is -2.24. The summed E-state index contributed by atoms with van der Waals surface area (Å²) in [6.07, 6.45) is 0.853. The average Bonchev–Trinajstić information content (AvgIpc) is 2.76. The summed E-state index contributed by atoms with van der Waals surface area (Å²) >= 11 is 0. The van der Waals surface area contributed by atoms with Crippen molar-refractivity contribution in [3.63, 3.8) is 0 Å². The van der Waals surface area contributed by atoms with E-state index < -0.39 is 0 Å². The monoisotopic (exact) mass is 306 g/mol. The normalized spacial score (nSPS) is 20.3. The number of carbonyl (C=O) groups is 1. The Balaban J connectivity index is 1.89. The Morgan fingerprint density at radius 1 is 1.45 bits per heavy atom. The Labute approximate surface area is 132 Å². The van der Waals surface area contributed by atoms with E-state index in [1.807, 2.05) is 49.1 Å². The van der Waals surface area contributed by atoms with Crippen LogP contribution in [0.25, 0.3) is 0 Å². The molecule has 2 amide bonds. The third kappa shape index (κ3) is 5.00. The molecule has 1 aliphatic heterocycles. The fourth-order valence-corrected chi connectivity index (χ4v) is 2.61. The second-order valence-corrected chi connectivity index (χ2v) is 5.52. The topological polar surface area (TPSA) is 50.8 Å². The summed E-state index contributed by atoms with van der Waals surface area (Å²) in [6, 6.07) is 9.94. The maximum atomic E-state index is 12.3. The molecule has 2 rings (SSSR count). The molecule has 122 valence electrons. The Kier molecular flexibility index (Phi) is 6.68. The zero-order valence-corrected chi connectivity index (χ0v) is 13.5. The summed E-state index contributed by atoms with van der Waals surface area (Å²) in [5.41, 5.74) is 1.08. The summed E-state index contributed by atoms with van der Waals surface area (Å²) in [7, 11) is 0. The van der Waals surface area contributed by atoms with Crippen LogP contribution in [0.3, 0.4) is 0 Å². The molecule has 1 aromatic carbocycles. The van der Waals surface area contributed by atoms with Crippen molar-refractivity contribution in [3.8, 4) is 0 Å². The molecule has 1 fully saturated rings. The van der Waals surface area contributed by atoms with Gasteiger partial charge in [-0.05, 0) is 25.8 Å². The minimum absolute atomic E-state index is 0.0435. The van der Waals surface area contributed by atoms with Gasteiger partial charge in [-0.3, -0.25) is 0 Å². The largest absolute Gasteiger partial charge is 0.377 e. The van der Waals surface area contributed by atoms with Crippen molar-refractivity contribution in [1.29, 1.82) is 0 Å². The van der Waals surface area contributed by atoms with Crippen molar-refractivity contribution >= 4 is 6.03 Å².